The summed E-state index contributed by atoms with van der Waals surface area (Å²) in [6.07, 6.45) is 0. The summed E-state index contributed by atoms with van der Waals surface area (Å²) in [5, 5.41) is 6.01. The number of hydrogen-bond donors (Lipinski definition) is 2. The molecule has 1 aromatic carbocycles. The van der Waals surface area contributed by atoms with Crippen LogP contribution in [0.4, 0.5) is 0 Å². The Hall–Kier alpha value is -1.39. The Morgan fingerprint density at radius 1 is 1.33 bits per heavy atom. The van der Waals surface area contributed by atoms with Crippen molar-refractivity contribution >= 4 is 28.3 Å². The number of amides is 1. The summed E-state index contributed by atoms with van der Waals surface area (Å²) >= 11 is 0. The van der Waals surface area contributed by atoms with Crippen molar-refractivity contribution in [2.75, 3.05) is 46.5 Å². The molecule has 0 aromatic heterocycles. The van der Waals surface area contributed by atoms with E-state index >= 15 is 0 Å². The van der Waals surface area contributed by atoms with Crippen LogP contribution >= 0.6 is 12.4 Å². The first-order valence-electron chi connectivity index (χ1n) is 8.67. The molecular formula is C17H28ClN3O5S. The number of morpholine rings is 1. The highest BCUT2D eigenvalue weighted by Gasteiger charge is 2.30. The number of carbonyl (C=O) groups excluding carboxylic acids is 1. The fraction of sp³-hybridized carbons (Fsp3) is 0.588. The molecule has 10 heteroatoms. The molecule has 1 amide bonds. The lowest BCUT2D eigenvalue weighted by atomic mass is 10.2. The van der Waals surface area contributed by atoms with Crippen molar-refractivity contribution in [3.05, 3.63) is 23.8 Å². The SMILES string of the molecule is CCN[C@H](C)CNC(=O)c1ccc(OC)c(S(=O)(=O)N2CCOCC2)c1.Cl. The lowest BCUT2D eigenvalue weighted by Gasteiger charge is -2.26. The molecule has 8 nitrogen and oxygen atoms in total. The molecule has 27 heavy (non-hydrogen) atoms. The lowest BCUT2D eigenvalue weighted by Crippen LogP contribution is -2.41. The first-order valence-corrected chi connectivity index (χ1v) is 10.1. The number of methoxy groups -OCH3 is 1. The second-order valence-corrected chi connectivity index (χ2v) is 7.96. The van der Waals surface area contributed by atoms with Gasteiger partial charge in [-0.15, -0.1) is 12.4 Å². The number of sulfonamides is 1. The third-order valence-corrected chi connectivity index (χ3v) is 6.05. The van der Waals surface area contributed by atoms with E-state index in [2.05, 4.69) is 10.6 Å². The number of nitrogens with zero attached hydrogens (tertiary/aromatic N) is 1. The Morgan fingerprint density at radius 2 is 2.00 bits per heavy atom. The van der Waals surface area contributed by atoms with Crippen LogP contribution in [-0.4, -0.2) is 71.2 Å². The summed E-state index contributed by atoms with van der Waals surface area (Å²) in [5.41, 5.74) is 0.279. The van der Waals surface area contributed by atoms with Gasteiger partial charge in [-0.2, -0.15) is 4.31 Å². The van der Waals surface area contributed by atoms with E-state index in [0.29, 0.717) is 19.8 Å². The predicted octanol–water partition coefficient (Wildman–Crippen LogP) is 0.866. The van der Waals surface area contributed by atoms with Crippen molar-refractivity contribution in [1.82, 2.24) is 14.9 Å². The highest BCUT2D eigenvalue weighted by Crippen LogP contribution is 2.28. The first-order chi connectivity index (χ1) is 12.4. The molecule has 0 spiro atoms. The smallest absolute Gasteiger partial charge is 0.251 e. The largest absolute Gasteiger partial charge is 0.495 e. The van der Waals surface area contributed by atoms with Gasteiger partial charge in [0, 0.05) is 31.2 Å². The quantitative estimate of drug-likeness (QED) is 0.646. The molecule has 2 rings (SSSR count). The van der Waals surface area contributed by atoms with E-state index < -0.39 is 10.0 Å². The van der Waals surface area contributed by atoms with E-state index in [-0.39, 0.29) is 53.7 Å². The highest BCUT2D eigenvalue weighted by atomic mass is 35.5. The van der Waals surface area contributed by atoms with Gasteiger partial charge in [-0.1, -0.05) is 6.92 Å². The zero-order chi connectivity index (χ0) is 19.2. The zero-order valence-corrected chi connectivity index (χ0v) is 17.5. The van der Waals surface area contributed by atoms with Gasteiger partial charge in [0.05, 0.1) is 20.3 Å². The average Bonchev–Trinajstić information content (AvgIpc) is 2.66. The summed E-state index contributed by atoms with van der Waals surface area (Å²) in [4.78, 5) is 12.4. The van der Waals surface area contributed by atoms with Gasteiger partial charge in [-0.3, -0.25) is 4.79 Å². The Bertz CT molecular complexity index is 723. The van der Waals surface area contributed by atoms with Crippen LogP contribution in [0.2, 0.25) is 0 Å². The summed E-state index contributed by atoms with van der Waals surface area (Å²) in [5.74, 6) is -0.107. The van der Waals surface area contributed by atoms with E-state index in [1.165, 1.54) is 23.5 Å². The summed E-state index contributed by atoms with van der Waals surface area (Å²) in [6, 6.07) is 4.57. The van der Waals surface area contributed by atoms with Crippen LogP contribution in [0.25, 0.3) is 0 Å². The van der Waals surface area contributed by atoms with E-state index in [4.69, 9.17) is 9.47 Å². The van der Waals surface area contributed by atoms with Crippen molar-refractivity contribution < 1.29 is 22.7 Å². The maximum Gasteiger partial charge on any atom is 0.251 e. The number of ether oxygens (including phenoxy) is 2. The van der Waals surface area contributed by atoms with Crippen LogP contribution in [-0.2, 0) is 14.8 Å². The summed E-state index contributed by atoms with van der Waals surface area (Å²) in [6.45, 7) is 6.47. The number of benzene rings is 1. The van der Waals surface area contributed by atoms with Crippen LogP contribution < -0.4 is 15.4 Å². The number of hydrogen-bond acceptors (Lipinski definition) is 6. The van der Waals surface area contributed by atoms with Gasteiger partial charge in [0.25, 0.3) is 5.91 Å². The molecule has 0 bridgehead atoms. The molecule has 1 fully saturated rings. The molecular weight excluding hydrogens is 394 g/mol. The summed E-state index contributed by atoms with van der Waals surface area (Å²) in [7, 11) is -2.36. The molecule has 154 valence electrons. The fourth-order valence-electron chi connectivity index (χ4n) is 2.71. The molecule has 1 heterocycles. The molecule has 0 radical (unpaired) electrons. The van der Waals surface area contributed by atoms with E-state index in [1.54, 1.807) is 6.07 Å². The second-order valence-electron chi connectivity index (χ2n) is 6.05. The van der Waals surface area contributed by atoms with Gasteiger partial charge in [0.15, 0.2) is 0 Å². The van der Waals surface area contributed by atoms with Gasteiger partial charge < -0.3 is 20.1 Å². The molecule has 1 saturated heterocycles. The van der Waals surface area contributed by atoms with Crippen LogP contribution in [0.15, 0.2) is 23.1 Å². The number of nitrogens with one attached hydrogen (secondary N) is 2. The molecule has 1 aromatic rings. The Morgan fingerprint density at radius 3 is 2.59 bits per heavy atom. The Labute approximate surface area is 167 Å². The van der Waals surface area contributed by atoms with Crippen molar-refractivity contribution in [2.24, 2.45) is 0 Å². The lowest BCUT2D eigenvalue weighted by molar-refractivity contribution is 0.0729. The minimum absolute atomic E-state index is 0. The Balaban J connectivity index is 0.00000364. The maximum atomic E-state index is 12.9. The molecule has 1 atom stereocenters. The number of halogens is 1. The third-order valence-electron chi connectivity index (χ3n) is 4.14. The van der Waals surface area contributed by atoms with Crippen LogP contribution in [0, 0.1) is 0 Å². The molecule has 0 unspecified atom stereocenters. The van der Waals surface area contributed by atoms with Crippen molar-refractivity contribution in [3.63, 3.8) is 0 Å². The monoisotopic (exact) mass is 421 g/mol. The molecule has 0 saturated carbocycles. The minimum Gasteiger partial charge on any atom is -0.495 e. The molecule has 2 N–H and O–H groups in total. The van der Waals surface area contributed by atoms with Crippen LogP contribution in [0.5, 0.6) is 5.75 Å². The van der Waals surface area contributed by atoms with Gasteiger partial charge in [0.2, 0.25) is 10.0 Å². The number of likely N-dealkylation sites (N-methyl/N-ethyl adjacent to an activating group) is 1. The van der Waals surface area contributed by atoms with Crippen molar-refractivity contribution in [2.45, 2.75) is 24.8 Å². The topological polar surface area (TPSA) is 97.0 Å². The molecule has 1 aliphatic heterocycles. The van der Waals surface area contributed by atoms with Gasteiger partial charge >= 0.3 is 0 Å². The third kappa shape index (κ3) is 6.05. The average molecular weight is 422 g/mol. The second kappa shape index (κ2) is 10.8. The van der Waals surface area contributed by atoms with Crippen molar-refractivity contribution in [3.8, 4) is 5.75 Å². The van der Waals surface area contributed by atoms with Gasteiger partial charge in [-0.25, -0.2) is 8.42 Å². The standard InChI is InChI=1S/C17H27N3O5S.ClH/c1-4-18-13(2)12-19-17(21)14-5-6-15(24-3)16(11-14)26(22,23)20-7-9-25-10-8-20;/h5-6,11,13,18H,4,7-10,12H2,1-3H3,(H,19,21);1H/t13-;/m1./s1. The number of carbonyl (C=O) groups is 1. The normalized spacial score (nSPS) is 16.3. The van der Waals surface area contributed by atoms with E-state index in [1.807, 2.05) is 13.8 Å². The molecule has 0 aliphatic carbocycles. The predicted molar refractivity (Wildman–Crippen MR) is 105 cm³/mol. The minimum atomic E-state index is -3.76. The maximum absolute atomic E-state index is 12.9. The van der Waals surface area contributed by atoms with Gasteiger partial charge in [-0.05, 0) is 31.7 Å². The van der Waals surface area contributed by atoms with Crippen molar-refractivity contribution in [1.29, 1.82) is 0 Å². The first kappa shape index (κ1) is 23.6. The van der Waals surface area contributed by atoms with Crippen LogP contribution in [0.1, 0.15) is 24.2 Å². The fourth-order valence-corrected chi connectivity index (χ4v) is 4.30. The van der Waals surface area contributed by atoms with E-state index in [0.717, 1.165) is 6.54 Å². The van der Waals surface area contributed by atoms with Gasteiger partial charge in [0.1, 0.15) is 10.6 Å². The Kier molecular flexibility index (Phi) is 9.48. The summed E-state index contributed by atoms with van der Waals surface area (Å²) < 4.78 is 37.7. The zero-order valence-electron chi connectivity index (χ0n) is 15.9. The number of rotatable bonds is 8. The molecule has 1 aliphatic rings. The highest BCUT2D eigenvalue weighted by molar-refractivity contribution is 7.89. The van der Waals surface area contributed by atoms with E-state index in [9.17, 15) is 13.2 Å². The van der Waals surface area contributed by atoms with Crippen LogP contribution in [0.3, 0.4) is 0 Å².